The van der Waals surface area contributed by atoms with E-state index in [4.69, 9.17) is 8.83 Å². The molecule has 0 aliphatic carbocycles. The van der Waals surface area contributed by atoms with Crippen LogP contribution in [0.1, 0.15) is 26.5 Å². The molecule has 0 aliphatic heterocycles. The normalized spacial score (nSPS) is 13.2. The third-order valence-electron chi connectivity index (χ3n) is 4.66. The maximum atomic E-state index is 12.1. The lowest BCUT2D eigenvalue weighted by Crippen LogP contribution is -2.39. The van der Waals surface area contributed by atoms with Gasteiger partial charge in [-0.15, -0.1) is 0 Å². The van der Waals surface area contributed by atoms with Crippen LogP contribution >= 0.6 is 0 Å². The van der Waals surface area contributed by atoms with Crippen molar-refractivity contribution in [1.29, 1.82) is 0 Å². The summed E-state index contributed by atoms with van der Waals surface area (Å²) in [5, 5.41) is 0. The Bertz CT molecular complexity index is 830. The first kappa shape index (κ1) is 16.6. The Morgan fingerprint density at radius 2 is 1.92 bits per heavy atom. The number of benzene rings is 1. The molecule has 1 atom stereocenters. The van der Waals surface area contributed by atoms with Gasteiger partial charge in [0.15, 0.2) is 5.58 Å². The van der Waals surface area contributed by atoms with E-state index in [2.05, 4.69) is 25.7 Å². The molecule has 2 heterocycles. The fourth-order valence-corrected chi connectivity index (χ4v) is 2.91. The van der Waals surface area contributed by atoms with Gasteiger partial charge in [-0.3, -0.25) is 9.47 Å². The molecule has 1 unspecified atom stereocenters. The second-order valence-corrected chi connectivity index (χ2v) is 6.52. The lowest BCUT2D eigenvalue weighted by molar-refractivity contribution is 0.143. The Morgan fingerprint density at radius 1 is 1.12 bits per heavy atom. The predicted octanol–water partition coefficient (Wildman–Crippen LogP) is 3.73. The largest absolute Gasteiger partial charge is 0.468 e. The Kier molecular flexibility index (Phi) is 4.90. The summed E-state index contributed by atoms with van der Waals surface area (Å²) in [6.45, 7) is 8.70. The molecule has 0 amide bonds. The lowest BCUT2D eigenvalue weighted by Gasteiger charge is -2.31. The van der Waals surface area contributed by atoms with Gasteiger partial charge in [-0.25, -0.2) is 4.79 Å². The van der Waals surface area contributed by atoms with Crippen LogP contribution in [0.25, 0.3) is 11.1 Å². The van der Waals surface area contributed by atoms with Gasteiger partial charge in [-0.1, -0.05) is 26.0 Å². The maximum Gasteiger partial charge on any atom is 0.419 e. The van der Waals surface area contributed by atoms with Crippen molar-refractivity contribution >= 4 is 11.1 Å². The average Bonchev–Trinajstić information content (AvgIpc) is 3.17. The first-order valence-corrected chi connectivity index (χ1v) is 8.41. The van der Waals surface area contributed by atoms with Gasteiger partial charge in [0.05, 0.1) is 18.3 Å². The van der Waals surface area contributed by atoms with E-state index in [-0.39, 0.29) is 5.76 Å². The Hall–Kier alpha value is -2.27. The Balaban J connectivity index is 1.79. The Morgan fingerprint density at radius 3 is 2.62 bits per heavy atom. The summed E-state index contributed by atoms with van der Waals surface area (Å²) >= 11 is 0. The molecule has 0 spiro atoms. The molecule has 24 heavy (non-hydrogen) atoms. The fourth-order valence-electron chi connectivity index (χ4n) is 2.91. The van der Waals surface area contributed by atoms with Crippen LogP contribution in [0.4, 0.5) is 0 Å². The number of hydrogen-bond donors (Lipinski definition) is 0. The van der Waals surface area contributed by atoms with E-state index in [1.807, 2.05) is 36.4 Å². The van der Waals surface area contributed by atoms with Gasteiger partial charge >= 0.3 is 5.76 Å². The summed E-state index contributed by atoms with van der Waals surface area (Å²) in [4.78, 5) is 14.5. The van der Waals surface area contributed by atoms with Gasteiger partial charge in [-0.05, 0) is 37.1 Å². The average molecular weight is 328 g/mol. The molecule has 0 fully saturated rings. The van der Waals surface area contributed by atoms with Crippen LogP contribution in [-0.4, -0.2) is 22.1 Å². The second kappa shape index (κ2) is 7.09. The monoisotopic (exact) mass is 328 g/mol. The topological polar surface area (TPSA) is 51.5 Å². The van der Waals surface area contributed by atoms with E-state index in [0.717, 1.165) is 24.4 Å². The zero-order valence-electron chi connectivity index (χ0n) is 14.4. The molecule has 1 aromatic carbocycles. The summed E-state index contributed by atoms with van der Waals surface area (Å²) < 4.78 is 12.5. The lowest BCUT2D eigenvalue weighted by atomic mass is 10.0. The number of nitrogens with zero attached hydrogens (tertiary/aromatic N) is 2. The van der Waals surface area contributed by atoms with Gasteiger partial charge in [-0.2, -0.15) is 0 Å². The van der Waals surface area contributed by atoms with Crippen LogP contribution in [0.2, 0.25) is 0 Å². The molecular formula is C19H24N2O3. The standard InChI is InChI=1S/C19H24N2O3/c1-14(2)15(3)20(13-16-7-6-12-23-16)10-11-21-17-8-4-5-9-18(17)24-19(21)22/h4-9,12,14-15H,10-11,13H2,1-3H3. The highest BCUT2D eigenvalue weighted by molar-refractivity contribution is 5.72. The summed E-state index contributed by atoms with van der Waals surface area (Å²) in [5.41, 5.74) is 1.48. The van der Waals surface area contributed by atoms with Crippen molar-refractivity contribution in [3.63, 3.8) is 0 Å². The molecule has 2 aromatic heterocycles. The van der Waals surface area contributed by atoms with Gasteiger partial charge < -0.3 is 8.83 Å². The second-order valence-electron chi connectivity index (χ2n) is 6.52. The zero-order valence-corrected chi connectivity index (χ0v) is 14.4. The van der Waals surface area contributed by atoms with Crippen LogP contribution in [0.3, 0.4) is 0 Å². The molecule has 0 bridgehead atoms. The SMILES string of the molecule is CC(C)C(C)N(CCn1c(=O)oc2ccccc21)Cc1ccco1. The molecule has 0 radical (unpaired) electrons. The minimum atomic E-state index is -0.300. The summed E-state index contributed by atoms with van der Waals surface area (Å²) in [5.74, 6) is 1.15. The highest BCUT2D eigenvalue weighted by Gasteiger charge is 2.19. The molecule has 3 aromatic rings. The van der Waals surface area contributed by atoms with Crippen LogP contribution in [0.15, 0.2) is 56.3 Å². The number of aromatic nitrogens is 1. The fraction of sp³-hybridized carbons (Fsp3) is 0.421. The van der Waals surface area contributed by atoms with Gasteiger partial charge in [0.2, 0.25) is 0 Å². The Labute approximate surface area is 141 Å². The molecule has 0 saturated carbocycles. The molecule has 0 N–H and O–H groups in total. The third-order valence-corrected chi connectivity index (χ3v) is 4.66. The summed E-state index contributed by atoms with van der Waals surface area (Å²) in [6, 6.07) is 11.8. The van der Waals surface area contributed by atoms with Crippen LogP contribution in [-0.2, 0) is 13.1 Å². The van der Waals surface area contributed by atoms with Gasteiger partial charge in [0.1, 0.15) is 5.76 Å². The third kappa shape index (κ3) is 3.46. The minimum Gasteiger partial charge on any atom is -0.468 e. The minimum absolute atomic E-state index is 0.300. The van der Waals surface area contributed by atoms with Crippen molar-refractivity contribution in [3.8, 4) is 0 Å². The predicted molar refractivity (Wildman–Crippen MR) is 93.9 cm³/mol. The number of fused-ring (bicyclic) bond motifs is 1. The quantitative estimate of drug-likeness (QED) is 0.663. The number of rotatable bonds is 7. The molecule has 128 valence electrons. The van der Waals surface area contributed by atoms with E-state index in [1.54, 1.807) is 10.8 Å². The van der Waals surface area contributed by atoms with Gasteiger partial charge in [0.25, 0.3) is 0 Å². The van der Waals surface area contributed by atoms with Crippen molar-refractivity contribution in [2.75, 3.05) is 6.54 Å². The number of oxazole rings is 1. The molecule has 5 nitrogen and oxygen atoms in total. The number of hydrogen-bond acceptors (Lipinski definition) is 4. The van der Waals surface area contributed by atoms with Crippen LogP contribution in [0.5, 0.6) is 0 Å². The summed E-state index contributed by atoms with van der Waals surface area (Å²) in [6.07, 6.45) is 1.70. The smallest absolute Gasteiger partial charge is 0.419 e. The van der Waals surface area contributed by atoms with Crippen molar-refractivity contribution in [1.82, 2.24) is 9.47 Å². The summed E-state index contributed by atoms with van der Waals surface area (Å²) in [7, 11) is 0. The highest BCUT2D eigenvalue weighted by atomic mass is 16.4. The number of para-hydroxylation sites is 2. The van der Waals surface area contributed by atoms with E-state index in [1.165, 1.54) is 0 Å². The van der Waals surface area contributed by atoms with Crippen molar-refractivity contribution in [2.45, 2.75) is 39.9 Å². The van der Waals surface area contributed by atoms with Crippen molar-refractivity contribution < 1.29 is 8.83 Å². The maximum absolute atomic E-state index is 12.1. The molecule has 3 rings (SSSR count). The molecule has 0 aliphatic rings. The van der Waals surface area contributed by atoms with E-state index in [9.17, 15) is 4.79 Å². The zero-order chi connectivity index (χ0) is 17.1. The van der Waals surface area contributed by atoms with E-state index < -0.39 is 0 Å². The van der Waals surface area contributed by atoms with Crippen molar-refractivity contribution in [2.24, 2.45) is 5.92 Å². The van der Waals surface area contributed by atoms with Crippen LogP contribution in [0, 0.1) is 5.92 Å². The number of furan rings is 1. The first-order valence-electron chi connectivity index (χ1n) is 8.41. The first-order chi connectivity index (χ1) is 11.6. The van der Waals surface area contributed by atoms with Gasteiger partial charge in [0, 0.05) is 19.1 Å². The highest BCUT2D eigenvalue weighted by Crippen LogP contribution is 2.16. The molecular weight excluding hydrogens is 304 g/mol. The van der Waals surface area contributed by atoms with E-state index >= 15 is 0 Å². The molecule has 0 saturated heterocycles. The van der Waals surface area contributed by atoms with Crippen molar-refractivity contribution in [3.05, 3.63) is 59.0 Å². The van der Waals surface area contributed by atoms with E-state index in [0.29, 0.717) is 24.1 Å². The van der Waals surface area contributed by atoms with Crippen LogP contribution < -0.4 is 5.76 Å². The molecule has 5 heteroatoms.